The third-order valence-corrected chi connectivity index (χ3v) is 7.55. The number of rotatable bonds is 8. The Morgan fingerprint density at radius 1 is 1.03 bits per heavy atom. The third-order valence-electron chi connectivity index (χ3n) is 5.78. The number of anilines is 1. The molecular weight excluding hydrogens is 436 g/mol. The molecule has 1 fully saturated rings. The highest BCUT2D eigenvalue weighted by Crippen LogP contribution is 2.26. The van der Waals surface area contributed by atoms with E-state index >= 15 is 0 Å². The van der Waals surface area contributed by atoms with Crippen LogP contribution < -0.4 is 9.62 Å². The van der Waals surface area contributed by atoms with E-state index < -0.39 is 10.0 Å². The molecule has 2 atom stereocenters. The molecule has 1 aliphatic rings. The van der Waals surface area contributed by atoms with E-state index in [1.54, 1.807) is 36.4 Å². The fourth-order valence-electron chi connectivity index (χ4n) is 3.96. The van der Waals surface area contributed by atoms with E-state index in [-0.39, 0.29) is 29.5 Å². The topological polar surface area (TPSA) is 75.7 Å². The minimum Gasteiger partial charge on any atom is -0.376 e. The van der Waals surface area contributed by atoms with E-state index in [4.69, 9.17) is 4.74 Å². The van der Waals surface area contributed by atoms with Crippen LogP contribution in [0.4, 0.5) is 5.69 Å². The summed E-state index contributed by atoms with van der Waals surface area (Å²) in [6.07, 6.45) is 1.87. The normalized spacial score (nSPS) is 16.8. The number of nitrogens with one attached hydrogen (secondary N) is 1. The van der Waals surface area contributed by atoms with Gasteiger partial charge in [0.1, 0.15) is 0 Å². The lowest BCUT2D eigenvalue weighted by Gasteiger charge is -2.25. The summed E-state index contributed by atoms with van der Waals surface area (Å²) in [7, 11) is -3.92. The first-order valence-corrected chi connectivity index (χ1v) is 12.5. The number of hydrogen-bond acceptors (Lipinski definition) is 4. The molecule has 0 bridgehead atoms. The number of benzene rings is 3. The molecular formula is C26H28N2O4S. The van der Waals surface area contributed by atoms with Crippen molar-refractivity contribution in [2.24, 2.45) is 0 Å². The Morgan fingerprint density at radius 2 is 1.73 bits per heavy atom. The van der Waals surface area contributed by atoms with Gasteiger partial charge in [-0.05, 0) is 55.7 Å². The molecule has 3 aromatic rings. The second-order valence-corrected chi connectivity index (χ2v) is 10.0. The highest BCUT2D eigenvalue weighted by atomic mass is 32.2. The maximum absolute atomic E-state index is 13.7. The molecule has 172 valence electrons. The number of para-hydroxylation sites is 1. The first-order valence-electron chi connectivity index (χ1n) is 11.1. The standard InChI is InChI=1S/C26H28N2O4S/c1-20(25-16-9-17-32-25)27-26(29)22-12-8-15-24(18-22)33(30,31)28(23-13-6-3-7-14-23)19-21-10-4-2-5-11-21/h2-8,10-15,18,20,25H,9,16-17,19H2,1H3,(H,27,29). The minimum absolute atomic E-state index is 0.0136. The van der Waals surface area contributed by atoms with Crippen molar-refractivity contribution in [1.29, 1.82) is 0 Å². The van der Waals surface area contributed by atoms with Gasteiger partial charge in [0.25, 0.3) is 15.9 Å². The molecule has 1 heterocycles. The molecule has 2 unspecified atom stereocenters. The van der Waals surface area contributed by atoms with Crippen LogP contribution >= 0.6 is 0 Å². The Balaban J connectivity index is 1.62. The first-order chi connectivity index (χ1) is 15.9. The van der Waals surface area contributed by atoms with Crippen LogP contribution in [0.2, 0.25) is 0 Å². The molecule has 1 aliphatic heterocycles. The zero-order valence-corrected chi connectivity index (χ0v) is 19.4. The van der Waals surface area contributed by atoms with Crippen LogP contribution in [0.5, 0.6) is 0 Å². The summed E-state index contributed by atoms with van der Waals surface area (Å²) < 4.78 is 34.5. The van der Waals surface area contributed by atoms with Crippen molar-refractivity contribution in [3.63, 3.8) is 0 Å². The molecule has 0 spiro atoms. The lowest BCUT2D eigenvalue weighted by molar-refractivity contribution is 0.0712. The van der Waals surface area contributed by atoms with E-state index in [0.717, 1.165) is 18.4 Å². The maximum atomic E-state index is 13.7. The Kier molecular flexibility index (Phi) is 7.11. The van der Waals surface area contributed by atoms with Crippen molar-refractivity contribution >= 4 is 21.6 Å². The highest BCUT2D eigenvalue weighted by molar-refractivity contribution is 7.92. The van der Waals surface area contributed by atoms with Gasteiger partial charge in [0.05, 0.1) is 29.3 Å². The Labute approximate surface area is 195 Å². The molecule has 1 N–H and O–H groups in total. The fourth-order valence-corrected chi connectivity index (χ4v) is 5.46. The monoisotopic (exact) mass is 464 g/mol. The molecule has 6 nitrogen and oxygen atoms in total. The first kappa shape index (κ1) is 23.0. The zero-order chi connectivity index (χ0) is 23.3. The number of carbonyl (C=O) groups is 1. The second kappa shape index (κ2) is 10.2. The van der Waals surface area contributed by atoms with Gasteiger partial charge in [0.15, 0.2) is 0 Å². The number of carbonyl (C=O) groups excluding carboxylic acids is 1. The minimum atomic E-state index is -3.92. The van der Waals surface area contributed by atoms with Gasteiger partial charge in [-0.3, -0.25) is 9.10 Å². The van der Waals surface area contributed by atoms with Crippen LogP contribution in [0.15, 0.2) is 89.8 Å². The molecule has 1 amide bonds. The van der Waals surface area contributed by atoms with Crippen LogP contribution in [-0.4, -0.2) is 33.1 Å². The number of hydrogen-bond donors (Lipinski definition) is 1. The van der Waals surface area contributed by atoms with Crippen LogP contribution in [-0.2, 0) is 21.3 Å². The SMILES string of the molecule is CC(NC(=O)c1cccc(S(=O)(=O)N(Cc2ccccc2)c2ccccc2)c1)C1CCCO1. The number of nitrogens with zero attached hydrogens (tertiary/aromatic N) is 1. The van der Waals surface area contributed by atoms with Gasteiger partial charge in [-0.1, -0.05) is 54.6 Å². The van der Waals surface area contributed by atoms with Gasteiger partial charge in [-0.15, -0.1) is 0 Å². The van der Waals surface area contributed by atoms with Gasteiger partial charge in [-0.25, -0.2) is 8.42 Å². The van der Waals surface area contributed by atoms with Crippen molar-refractivity contribution in [1.82, 2.24) is 5.32 Å². The molecule has 3 aromatic carbocycles. The predicted molar refractivity (Wildman–Crippen MR) is 129 cm³/mol. The highest BCUT2D eigenvalue weighted by Gasteiger charge is 2.27. The quantitative estimate of drug-likeness (QED) is 0.537. The van der Waals surface area contributed by atoms with Crippen LogP contribution in [0.3, 0.4) is 0 Å². The Bertz CT molecular complexity index is 1180. The van der Waals surface area contributed by atoms with Gasteiger partial charge in [-0.2, -0.15) is 0 Å². The number of sulfonamides is 1. The summed E-state index contributed by atoms with van der Waals surface area (Å²) in [5.41, 5.74) is 1.72. The van der Waals surface area contributed by atoms with Gasteiger partial charge >= 0.3 is 0 Å². The summed E-state index contributed by atoms with van der Waals surface area (Å²) in [4.78, 5) is 12.9. The average molecular weight is 465 g/mol. The molecule has 7 heteroatoms. The van der Waals surface area contributed by atoms with Crippen LogP contribution in [0, 0.1) is 0 Å². The van der Waals surface area contributed by atoms with Gasteiger partial charge < -0.3 is 10.1 Å². The van der Waals surface area contributed by atoms with Crippen LogP contribution in [0.1, 0.15) is 35.7 Å². The third kappa shape index (κ3) is 5.43. The van der Waals surface area contributed by atoms with E-state index in [1.807, 2.05) is 43.3 Å². The smallest absolute Gasteiger partial charge is 0.264 e. The lowest BCUT2D eigenvalue weighted by atomic mass is 10.1. The van der Waals surface area contributed by atoms with Crippen molar-refractivity contribution in [3.8, 4) is 0 Å². The lowest BCUT2D eigenvalue weighted by Crippen LogP contribution is -2.40. The Hall–Kier alpha value is -3.16. The molecule has 0 aromatic heterocycles. The molecule has 33 heavy (non-hydrogen) atoms. The van der Waals surface area contributed by atoms with Gasteiger partial charge in [0, 0.05) is 12.2 Å². The summed E-state index contributed by atoms with van der Waals surface area (Å²) in [6.45, 7) is 2.79. The van der Waals surface area contributed by atoms with Gasteiger partial charge in [0.2, 0.25) is 0 Å². The summed E-state index contributed by atoms with van der Waals surface area (Å²) in [6, 6.07) is 24.5. The van der Waals surface area contributed by atoms with E-state index in [0.29, 0.717) is 17.9 Å². The summed E-state index contributed by atoms with van der Waals surface area (Å²) in [5, 5.41) is 2.95. The molecule has 4 rings (SSSR count). The molecule has 1 saturated heterocycles. The largest absolute Gasteiger partial charge is 0.376 e. The van der Waals surface area contributed by atoms with E-state index in [1.165, 1.54) is 16.4 Å². The van der Waals surface area contributed by atoms with Crippen molar-refractivity contribution in [2.75, 3.05) is 10.9 Å². The molecule has 0 aliphatic carbocycles. The maximum Gasteiger partial charge on any atom is 0.264 e. The molecule has 0 saturated carbocycles. The predicted octanol–water partition coefficient (Wildman–Crippen LogP) is 4.38. The van der Waals surface area contributed by atoms with E-state index in [9.17, 15) is 13.2 Å². The van der Waals surface area contributed by atoms with Crippen molar-refractivity contribution in [3.05, 3.63) is 96.1 Å². The Morgan fingerprint density at radius 3 is 2.39 bits per heavy atom. The fraction of sp³-hybridized carbons (Fsp3) is 0.269. The van der Waals surface area contributed by atoms with E-state index in [2.05, 4.69) is 5.32 Å². The van der Waals surface area contributed by atoms with Crippen molar-refractivity contribution in [2.45, 2.75) is 43.4 Å². The second-order valence-electron chi connectivity index (χ2n) is 8.17. The van der Waals surface area contributed by atoms with Crippen molar-refractivity contribution < 1.29 is 17.9 Å². The zero-order valence-electron chi connectivity index (χ0n) is 18.6. The number of amides is 1. The summed E-state index contributed by atoms with van der Waals surface area (Å²) >= 11 is 0. The van der Waals surface area contributed by atoms with Crippen LogP contribution in [0.25, 0.3) is 0 Å². The average Bonchev–Trinajstić information content (AvgIpc) is 3.39. The number of ether oxygens (including phenoxy) is 1. The summed E-state index contributed by atoms with van der Waals surface area (Å²) in [5.74, 6) is -0.315. The molecule has 0 radical (unpaired) electrons.